The Kier molecular flexibility index (Phi) is 3.90. The molecule has 0 bridgehead atoms. The van der Waals surface area contributed by atoms with Gasteiger partial charge >= 0.3 is 5.97 Å². The van der Waals surface area contributed by atoms with E-state index in [1.807, 2.05) is 25.6 Å². The molecule has 19 heavy (non-hydrogen) atoms. The van der Waals surface area contributed by atoms with Crippen molar-refractivity contribution in [1.29, 1.82) is 0 Å². The second kappa shape index (κ2) is 5.15. The van der Waals surface area contributed by atoms with Gasteiger partial charge in [0.1, 0.15) is 0 Å². The normalized spacial score (nSPS) is 23.7. The summed E-state index contributed by atoms with van der Waals surface area (Å²) in [7, 11) is 0. The fourth-order valence-corrected chi connectivity index (χ4v) is 3.60. The molecule has 106 valence electrons. The SMILES string of the molecule is CC(C)(CC(=O)O)Cc1nnc(C2(C)CCCS2)o1. The van der Waals surface area contributed by atoms with Crippen molar-refractivity contribution in [2.24, 2.45) is 5.41 Å². The number of aliphatic carboxylic acids is 1. The molecule has 1 fully saturated rings. The van der Waals surface area contributed by atoms with E-state index in [9.17, 15) is 4.79 Å². The minimum absolute atomic E-state index is 0.0673. The molecular formula is C13H20N2O3S. The minimum atomic E-state index is -0.803. The highest BCUT2D eigenvalue weighted by Gasteiger charge is 2.37. The molecule has 6 heteroatoms. The molecule has 1 atom stereocenters. The number of carboxylic acid groups (broad SMARTS) is 1. The molecule has 2 rings (SSSR count). The Bertz CT molecular complexity index is 464. The first-order valence-electron chi connectivity index (χ1n) is 6.49. The van der Waals surface area contributed by atoms with Crippen LogP contribution in [0.3, 0.4) is 0 Å². The molecule has 1 aliphatic heterocycles. The van der Waals surface area contributed by atoms with Crippen molar-refractivity contribution in [3.8, 4) is 0 Å². The highest BCUT2D eigenvalue weighted by atomic mass is 32.2. The molecule has 0 aromatic carbocycles. The van der Waals surface area contributed by atoms with Crippen LogP contribution in [0.5, 0.6) is 0 Å². The Hall–Kier alpha value is -1.04. The zero-order valence-electron chi connectivity index (χ0n) is 11.6. The molecular weight excluding hydrogens is 264 g/mol. The lowest BCUT2D eigenvalue weighted by atomic mass is 9.86. The Morgan fingerprint density at radius 1 is 1.53 bits per heavy atom. The van der Waals surface area contributed by atoms with E-state index >= 15 is 0 Å². The molecule has 0 radical (unpaired) electrons. The van der Waals surface area contributed by atoms with Crippen molar-refractivity contribution >= 4 is 17.7 Å². The predicted molar refractivity (Wildman–Crippen MR) is 73.1 cm³/mol. The molecule has 1 unspecified atom stereocenters. The van der Waals surface area contributed by atoms with E-state index in [-0.39, 0.29) is 16.6 Å². The zero-order chi connectivity index (χ0) is 14.1. The Morgan fingerprint density at radius 3 is 2.84 bits per heavy atom. The molecule has 1 aliphatic rings. The fourth-order valence-electron chi connectivity index (χ4n) is 2.37. The van der Waals surface area contributed by atoms with Gasteiger partial charge in [-0.1, -0.05) is 13.8 Å². The number of hydrogen-bond donors (Lipinski definition) is 1. The molecule has 0 aliphatic carbocycles. The van der Waals surface area contributed by atoms with E-state index in [2.05, 4.69) is 17.1 Å². The van der Waals surface area contributed by atoms with Gasteiger partial charge in [-0.15, -0.1) is 22.0 Å². The largest absolute Gasteiger partial charge is 0.481 e. The summed E-state index contributed by atoms with van der Waals surface area (Å²) in [6.07, 6.45) is 2.81. The van der Waals surface area contributed by atoms with E-state index < -0.39 is 5.97 Å². The van der Waals surface area contributed by atoms with Crippen molar-refractivity contribution in [3.05, 3.63) is 11.8 Å². The van der Waals surface area contributed by atoms with Crippen LogP contribution in [-0.4, -0.2) is 27.0 Å². The number of nitrogens with zero attached hydrogens (tertiary/aromatic N) is 2. The molecule has 0 spiro atoms. The van der Waals surface area contributed by atoms with Crippen LogP contribution < -0.4 is 0 Å². The quantitative estimate of drug-likeness (QED) is 0.896. The van der Waals surface area contributed by atoms with Gasteiger partial charge < -0.3 is 9.52 Å². The van der Waals surface area contributed by atoms with E-state index in [1.54, 1.807) is 0 Å². The molecule has 5 nitrogen and oxygen atoms in total. The van der Waals surface area contributed by atoms with Crippen LogP contribution in [0.2, 0.25) is 0 Å². The Labute approximate surface area is 117 Å². The summed E-state index contributed by atoms with van der Waals surface area (Å²) in [5.41, 5.74) is -0.376. The topological polar surface area (TPSA) is 76.2 Å². The van der Waals surface area contributed by atoms with E-state index in [1.165, 1.54) is 6.42 Å². The molecule has 1 N–H and O–H groups in total. The maximum absolute atomic E-state index is 10.8. The lowest BCUT2D eigenvalue weighted by Gasteiger charge is -2.20. The highest BCUT2D eigenvalue weighted by Crippen LogP contribution is 2.45. The average Bonchev–Trinajstić information content (AvgIpc) is 2.85. The van der Waals surface area contributed by atoms with Gasteiger partial charge in [-0.25, -0.2) is 0 Å². The molecule has 0 amide bonds. The summed E-state index contributed by atoms with van der Waals surface area (Å²) < 4.78 is 5.68. The van der Waals surface area contributed by atoms with Crippen LogP contribution in [0.4, 0.5) is 0 Å². The van der Waals surface area contributed by atoms with Crippen molar-refractivity contribution in [2.45, 2.75) is 51.2 Å². The molecule has 2 heterocycles. The average molecular weight is 284 g/mol. The van der Waals surface area contributed by atoms with Gasteiger partial charge in [-0.05, 0) is 30.9 Å². The van der Waals surface area contributed by atoms with E-state index in [0.717, 1.165) is 12.2 Å². The first kappa shape index (κ1) is 14.4. The highest BCUT2D eigenvalue weighted by molar-refractivity contribution is 8.00. The number of carboxylic acids is 1. The third kappa shape index (κ3) is 3.49. The van der Waals surface area contributed by atoms with Crippen molar-refractivity contribution in [1.82, 2.24) is 10.2 Å². The van der Waals surface area contributed by atoms with E-state index in [4.69, 9.17) is 9.52 Å². The maximum Gasteiger partial charge on any atom is 0.303 e. The van der Waals surface area contributed by atoms with E-state index in [0.29, 0.717) is 18.2 Å². The second-order valence-electron chi connectivity index (χ2n) is 6.10. The number of thioether (sulfide) groups is 1. The first-order valence-corrected chi connectivity index (χ1v) is 7.48. The molecule has 0 saturated carbocycles. The van der Waals surface area contributed by atoms with Crippen molar-refractivity contribution in [2.75, 3.05) is 5.75 Å². The lowest BCUT2D eigenvalue weighted by molar-refractivity contribution is -0.139. The monoisotopic (exact) mass is 284 g/mol. The second-order valence-corrected chi connectivity index (χ2v) is 7.69. The van der Waals surface area contributed by atoms with Gasteiger partial charge in [0.25, 0.3) is 0 Å². The van der Waals surface area contributed by atoms with Gasteiger partial charge in [-0.2, -0.15) is 0 Å². The Morgan fingerprint density at radius 2 is 2.26 bits per heavy atom. The minimum Gasteiger partial charge on any atom is -0.481 e. The van der Waals surface area contributed by atoms with Crippen LogP contribution in [0, 0.1) is 5.41 Å². The molecule has 1 saturated heterocycles. The maximum atomic E-state index is 10.8. The van der Waals surface area contributed by atoms with Crippen LogP contribution in [-0.2, 0) is 16.0 Å². The third-order valence-electron chi connectivity index (χ3n) is 3.40. The lowest BCUT2D eigenvalue weighted by Crippen LogP contribution is -2.19. The summed E-state index contributed by atoms with van der Waals surface area (Å²) in [5.74, 6) is 1.53. The summed E-state index contributed by atoms with van der Waals surface area (Å²) in [6, 6.07) is 0. The summed E-state index contributed by atoms with van der Waals surface area (Å²) in [6.45, 7) is 5.93. The van der Waals surface area contributed by atoms with Crippen molar-refractivity contribution in [3.63, 3.8) is 0 Å². The van der Waals surface area contributed by atoms with Gasteiger partial charge in [0, 0.05) is 6.42 Å². The van der Waals surface area contributed by atoms with Gasteiger partial charge in [0.15, 0.2) is 0 Å². The summed E-state index contributed by atoms with van der Waals surface area (Å²) in [5, 5.41) is 17.1. The van der Waals surface area contributed by atoms with Gasteiger partial charge in [-0.3, -0.25) is 4.79 Å². The number of aromatic nitrogens is 2. The number of carbonyl (C=O) groups is 1. The van der Waals surface area contributed by atoms with Gasteiger partial charge in [0.05, 0.1) is 11.2 Å². The van der Waals surface area contributed by atoms with Gasteiger partial charge in [0.2, 0.25) is 11.8 Å². The predicted octanol–water partition coefficient (Wildman–Crippen LogP) is 2.86. The van der Waals surface area contributed by atoms with Crippen LogP contribution in [0.25, 0.3) is 0 Å². The fraction of sp³-hybridized carbons (Fsp3) is 0.769. The molecule has 1 aromatic heterocycles. The first-order chi connectivity index (χ1) is 8.81. The zero-order valence-corrected chi connectivity index (χ0v) is 12.4. The number of rotatable bonds is 5. The third-order valence-corrected chi connectivity index (χ3v) is 4.91. The van der Waals surface area contributed by atoms with Crippen LogP contribution in [0.1, 0.15) is 51.8 Å². The Balaban J connectivity index is 2.07. The smallest absolute Gasteiger partial charge is 0.303 e. The van der Waals surface area contributed by atoms with Crippen LogP contribution in [0.15, 0.2) is 4.42 Å². The van der Waals surface area contributed by atoms with Crippen LogP contribution >= 0.6 is 11.8 Å². The number of hydrogen-bond acceptors (Lipinski definition) is 5. The summed E-state index contributed by atoms with van der Waals surface area (Å²) in [4.78, 5) is 10.8. The summed E-state index contributed by atoms with van der Waals surface area (Å²) >= 11 is 1.85. The molecule has 1 aromatic rings. The van der Waals surface area contributed by atoms with Crippen molar-refractivity contribution < 1.29 is 14.3 Å². The standard InChI is InChI=1S/C13H20N2O3S/c1-12(2,8-10(16)17)7-9-14-15-11(18-9)13(3)5-4-6-19-13/h4-8H2,1-3H3,(H,16,17).